The van der Waals surface area contributed by atoms with Gasteiger partial charge in [0, 0.05) is 0 Å². The summed E-state index contributed by atoms with van der Waals surface area (Å²) in [7, 11) is -5.17. The van der Waals surface area contributed by atoms with Crippen LogP contribution in [-0.2, 0) is 10.5 Å². The van der Waals surface area contributed by atoms with Crippen LogP contribution in [0.1, 0.15) is 0 Å². The number of hydrogen-bond donors (Lipinski definition) is 1. The van der Waals surface area contributed by atoms with Crippen molar-refractivity contribution in [3.05, 3.63) is 0 Å². The molecule has 0 atom stereocenters. The molecule has 0 radical (unpaired) electrons. The fourth-order valence-electron chi connectivity index (χ4n) is 0. The van der Waals surface area contributed by atoms with Crippen LogP contribution in [0.3, 0.4) is 0 Å². The Balaban J connectivity index is -0.0000000800. The standard InChI is InChI=1S/FHO3S.2Na.2H/c1-5(2,3)4;;;;/h(H,2,3,4);;;;. The van der Waals surface area contributed by atoms with Gasteiger partial charge in [0.25, 0.3) is 0 Å². The molecule has 0 aromatic rings. The van der Waals surface area contributed by atoms with E-state index in [9.17, 15) is 3.89 Å². The maximum absolute atomic E-state index is 10.2. The molecule has 0 rings (SSSR count). The summed E-state index contributed by atoms with van der Waals surface area (Å²) in [6.07, 6.45) is 0. The fraction of sp³-hybridized carbons (Fsp3) is 0. The van der Waals surface area contributed by atoms with Crippen LogP contribution >= 0.6 is 0 Å². The monoisotopic (exact) mass is 148 g/mol. The molecule has 7 heteroatoms. The van der Waals surface area contributed by atoms with E-state index in [1.165, 1.54) is 0 Å². The molecule has 0 bridgehead atoms. The Morgan fingerprint density at radius 2 is 1.29 bits per heavy atom. The molecule has 0 aliphatic carbocycles. The number of rotatable bonds is 0. The minimum absolute atomic E-state index is 0. The zero-order valence-electron chi connectivity index (χ0n) is 2.05. The molecule has 0 aromatic heterocycles. The molecular formula is H3FNa2O3S. The van der Waals surface area contributed by atoms with Gasteiger partial charge >= 0.3 is 69.6 Å². The molecule has 0 saturated carbocycles. The quantitative estimate of drug-likeness (QED) is 0.257. The van der Waals surface area contributed by atoms with Gasteiger partial charge in [-0.2, -0.15) is 8.42 Å². The van der Waals surface area contributed by atoms with Crippen molar-refractivity contribution >= 4 is 69.6 Å². The van der Waals surface area contributed by atoms with Crippen molar-refractivity contribution in [3.8, 4) is 0 Å². The zero-order valence-corrected chi connectivity index (χ0v) is 2.87. The molecule has 0 aliphatic rings. The summed E-state index contributed by atoms with van der Waals surface area (Å²) in [4.78, 5) is 0. The molecule has 0 amide bonds. The van der Waals surface area contributed by atoms with Crippen LogP contribution in [0.15, 0.2) is 0 Å². The van der Waals surface area contributed by atoms with Crippen LogP contribution in [0.5, 0.6) is 0 Å². The van der Waals surface area contributed by atoms with Crippen molar-refractivity contribution in [1.82, 2.24) is 0 Å². The van der Waals surface area contributed by atoms with E-state index in [-0.39, 0.29) is 59.1 Å². The van der Waals surface area contributed by atoms with Crippen molar-refractivity contribution in [2.75, 3.05) is 0 Å². The van der Waals surface area contributed by atoms with Crippen molar-refractivity contribution in [1.29, 1.82) is 0 Å². The van der Waals surface area contributed by atoms with Crippen molar-refractivity contribution in [2.45, 2.75) is 0 Å². The predicted octanol–water partition coefficient (Wildman–Crippen LogP) is -1.54. The van der Waals surface area contributed by atoms with E-state index < -0.39 is 10.5 Å². The summed E-state index contributed by atoms with van der Waals surface area (Å²) < 4.78 is 34.1. The van der Waals surface area contributed by atoms with Gasteiger partial charge in [-0.1, -0.05) is 3.89 Å². The fourth-order valence-corrected chi connectivity index (χ4v) is 0. The van der Waals surface area contributed by atoms with Gasteiger partial charge in [-0.3, -0.25) is 4.55 Å². The van der Waals surface area contributed by atoms with Gasteiger partial charge in [0.15, 0.2) is 0 Å². The third-order valence-electron chi connectivity index (χ3n) is 0. The van der Waals surface area contributed by atoms with Crippen LogP contribution in [0.2, 0.25) is 0 Å². The van der Waals surface area contributed by atoms with Crippen molar-refractivity contribution in [2.24, 2.45) is 0 Å². The van der Waals surface area contributed by atoms with Gasteiger partial charge in [0.2, 0.25) is 0 Å². The van der Waals surface area contributed by atoms with Gasteiger partial charge in [0.1, 0.15) is 0 Å². The second-order valence-electron chi connectivity index (χ2n) is 0.412. The maximum atomic E-state index is 10.2. The summed E-state index contributed by atoms with van der Waals surface area (Å²) in [5.41, 5.74) is 0. The Kier molecular flexibility index (Phi) is 13.6. The first-order valence-electron chi connectivity index (χ1n) is 0.670. The first-order chi connectivity index (χ1) is 2.00. The van der Waals surface area contributed by atoms with Gasteiger partial charge in [0.05, 0.1) is 0 Å². The molecule has 0 saturated heterocycles. The molecule has 36 valence electrons. The van der Waals surface area contributed by atoms with E-state index in [0.717, 1.165) is 0 Å². The molecule has 0 aliphatic heterocycles. The normalized spacial score (nSPS) is 8.29. The first kappa shape index (κ1) is 15.9. The van der Waals surface area contributed by atoms with Crippen LogP contribution in [0.4, 0.5) is 3.89 Å². The SMILES string of the molecule is O=S(=O)(O)F.[NaH].[NaH]. The summed E-state index contributed by atoms with van der Waals surface area (Å²) in [5.74, 6) is 0. The average molecular weight is 148 g/mol. The van der Waals surface area contributed by atoms with E-state index in [2.05, 4.69) is 0 Å². The summed E-state index contributed by atoms with van der Waals surface area (Å²) in [5, 5.41) is 0. The molecule has 0 fully saturated rings. The molecule has 0 aromatic carbocycles. The van der Waals surface area contributed by atoms with Crippen LogP contribution < -0.4 is 0 Å². The zero-order chi connectivity index (χ0) is 4.50. The summed E-state index contributed by atoms with van der Waals surface area (Å²) in [6.45, 7) is 0. The van der Waals surface area contributed by atoms with Gasteiger partial charge in [-0.15, -0.1) is 0 Å². The van der Waals surface area contributed by atoms with E-state index in [0.29, 0.717) is 0 Å². The Labute approximate surface area is 85.3 Å². The van der Waals surface area contributed by atoms with E-state index in [1.807, 2.05) is 0 Å². The van der Waals surface area contributed by atoms with E-state index >= 15 is 0 Å². The predicted molar refractivity (Wildman–Crippen MR) is 27.0 cm³/mol. The number of hydrogen-bond acceptors (Lipinski definition) is 2. The van der Waals surface area contributed by atoms with Crippen LogP contribution in [0.25, 0.3) is 0 Å². The first-order valence-corrected chi connectivity index (χ1v) is 2.01. The second-order valence-corrected chi connectivity index (χ2v) is 1.24. The summed E-state index contributed by atoms with van der Waals surface area (Å²) in [6, 6.07) is 0. The Bertz CT molecular complexity index is 96.1. The third-order valence-corrected chi connectivity index (χ3v) is 0. The molecule has 3 nitrogen and oxygen atoms in total. The Morgan fingerprint density at radius 3 is 1.29 bits per heavy atom. The van der Waals surface area contributed by atoms with Crippen molar-refractivity contribution in [3.63, 3.8) is 0 Å². The summed E-state index contributed by atoms with van der Waals surface area (Å²) >= 11 is 0. The van der Waals surface area contributed by atoms with Crippen LogP contribution in [-0.4, -0.2) is 72.1 Å². The number of halogens is 1. The molecule has 0 heterocycles. The minimum atomic E-state index is -5.17. The molecule has 1 N–H and O–H groups in total. The van der Waals surface area contributed by atoms with Crippen LogP contribution in [0, 0.1) is 0 Å². The molecule has 7 heavy (non-hydrogen) atoms. The second kappa shape index (κ2) is 5.97. The molecule has 0 spiro atoms. The molecule has 0 unspecified atom stereocenters. The van der Waals surface area contributed by atoms with Gasteiger partial charge in [-0.05, 0) is 0 Å². The van der Waals surface area contributed by atoms with Crippen molar-refractivity contribution < 1.29 is 16.9 Å². The van der Waals surface area contributed by atoms with E-state index in [1.54, 1.807) is 0 Å². The third kappa shape index (κ3) is 79.0. The van der Waals surface area contributed by atoms with Gasteiger partial charge < -0.3 is 0 Å². The van der Waals surface area contributed by atoms with Gasteiger partial charge in [-0.25, -0.2) is 0 Å². The van der Waals surface area contributed by atoms with E-state index in [4.69, 9.17) is 13.0 Å². The Hall–Kier alpha value is 1.84. The average Bonchev–Trinajstić information content (AvgIpc) is 0.722. The Morgan fingerprint density at radius 1 is 1.29 bits per heavy atom. The topological polar surface area (TPSA) is 54.4 Å². The molecular weight excluding hydrogens is 145 g/mol.